The third-order valence-corrected chi connectivity index (χ3v) is 3.13. The number of carboxylic acid groups (broad SMARTS) is 1. The minimum Gasteiger partial charge on any atom is -0.478 e. The molecule has 1 N–H and O–H groups in total. The van der Waals surface area contributed by atoms with Gasteiger partial charge >= 0.3 is 5.97 Å². The van der Waals surface area contributed by atoms with Gasteiger partial charge in [-0.2, -0.15) is 0 Å². The minimum atomic E-state index is -1.05. The fourth-order valence-electron chi connectivity index (χ4n) is 1.18. The number of carbonyl (C=O) groups is 1. The largest absolute Gasteiger partial charge is 0.478 e. The molecule has 0 aliphatic heterocycles. The van der Waals surface area contributed by atoms with Gasteiger partial charge in [-0.15, -0.1) is 0 Å². The van der Waals surface area contributed by atoms with Gasteiger partial charge in [0.2, 0.25) is 0 Å². The molecule has 1 heterocycles. The predicted molar refractivity (Wildman–Crippen MR) is 64.6 cm³/mol. The van der Waals surface area contributed by atoms with E-state index in [0.29, 0.717) is 5.16 Å². The number of carboxylic acids is 1. The van der Waals surface area contributed by atoms with Crippen LogP contribution in [0, 0.1) is 0 Å². The Balaban J connectivity index is 2.29. The van der Waals surface area contributed by atoms with Crippen LogP contribution in [0.5, 0.6) is 0 Å². The fourth-order valence-corrected chi connectivity index (χ4v) is 2.12. The first kappa shape index (κ1) is 11.9. The average molecular weight is 267 g/mol. The molecule has 0 atom stereocenters. The van der Waals surface area contributed by atoms with Gasteiger partial charge in [0.1, 0.15) is 0 Å². The van der Waals surface area contributed by atoms with Gasteiger partial charge in [0.25, 0.3) is 0 Å². The van der Waals surface area contributed by atoms with Gasteiger partial charge in [-0.05, 0) is 36.0 Å². The summed E-state index contributed by atoms with van der Waals surface area (Å²) in [4.78, 5) is 19.7. The van der Waals surface area contributed by atoms with E-state index in [4.69, 9.17) is 16.7 Å². The smallest absolute Gasteiger partial charge is 0.337 e. The van der Waals surface area contributed by atoms with E-state index in [1.165, 1.54) is 17.8 Å². The molecule has 0 aliphatic rings. The Kier molecular flexibility index (Phi) is 3.61. The van der Waals surface area contributed by atoms with E-state index < -0.39 is 5.97 Å². The summed E-state index contributed by atoms with van der Waals surface area (Å²) in [7, 11) is 0. The molecule has 0 bridgehead atoms. The van der Waals surface area contributed by atoms with Crippen LogP contribution in [0.1, 0.15) is 10.4 Å². The lowest BCUT2D eigenvalue weighted by Crippen LogP contribution is -1.97. The fraction of sp³-hybridized carbons (Fsp3) is 0. The molecular weight excluding hydrogens is 260 g/mol. The molecule has 1 aromatic heterocycles. The van der Waals surface area contributed by atoms with Crippen molar-refractivity contribution in [2.24, 2.45) is 0 Å². The minimum absolute atomic E-state index is 0.0765. The maximum atomic E-state index is 10.9. The van der Waals surface area contributed by atoms with Crippen molar-refractivity contribution in [2.75, 3.05) is 0 Å². The monoisotopic (exact) mass is 266 g/mol. The molecule has 1 aromatic carbocycles. The van der Waals surface area contributed by atoms with Crippen molar-refractivity contribution < 1.29 is 9.90 Å². The summed E-state index contributed by atoms with van der Waals surface area (Å²) in [5.41, 5.74) is 0.0765. The van der Waals surface area contributed by atoms with Crippen molar-refractivity contribution in [3.05, 3.63) is 47.2 Å². The average Bonchev–Trinajstić information content (AvgIpc) is 2.32. The molecule has 0 aliphatic carbocycles. The van der Waals surface area contributed by atoms with Crippen LogP contribution < -0.4 is 0 Å². The van der Waals surface area contributed by atoms with Crippen molar-refractivity contribution in [1.82, 2.24) is 9.97 Å². The van der Waals surface area contributed by atoms with Gasteiger partial charge < -0.3 is 5.11 Å². The quantitative estimate of drug-likeness (QED) is 0.866. The Labute approximate surface area is 107 Å². The Bertz CT molecular complexity index is 548. The first-order valence-corrected chi connectivity index (χ1v) is 5.84. The van der Waals surface area contributed by atoms with Crippen LogP contribution >= 0.6 is 23.4 Å². The van der Waals surface area contributed by atoms with E-state index in [-0.39, 0.29) is 10.6 Å². The summed E-state index contributed by atoms with van der Waals surface area (Å²) in [5, 5.41) is 9.71. The van der Waals surface area contributed by atoms with Crippen molar-refractivity contribution in [1.29, 1.82) is 0 Å². The second-order valence-corrected chi connectivity index (χ2v) is 4.53. The number of aromatic carboxylic acids is 1. The van der Waals surface area contributed by atoms with E-state index in [1.54, 1.807) is 30.6 Å². The van der Waals surface area contributed by atoms with E-state index in [0.717, 1.165) is 4.90 Å². The van der Waals surface area contributed by atoms with Crippen LogP contribution in [0.15, 0.2) is 46.7 Å². The second kappa shape index (κ2) is 5.16. The van der Waals surface area contributed by atoms with E-state index in [2.05, 4.69) is 9.97 Å². The van der Waals surface area contributed by atoms with Gasteiger partial charge in [-0.1, -0.05) is 11.6 Å². The summed E-state index contributed by atoms with van der Waals surface area (Å²) in [6.07, 6.45) is 3.26. The summed E-state index contributed by atoms with van der Waals surface area (Å²) < 4.78 is 0. The number of halogens is 1. The lowest BCUT2D eigenvalue weighted by atomic mass is 10.2. The zero-order valence-corrected chi connectivity index (χ0v) is 10.1. The molecule has 0 spiro atoms. The molecule has 0 radical (unpaired) electrons. The zero-order chi connectivity index (χ0) is 12.3. The summed E-state index contributed by atoms with van der Waals surface area (Å²) in [6.45, 7) is 0. The SMILES string of the molecule is O=C(O)c1cc(Sc2ncccn2)ccc1Cl. The Hall–Kier alpha value is -1.59. The number of hydrogen-bond donors (Lipinski definition) is 1. The van der Waals surface area contributed by atoms with Gasteiger partial charge in [-0.25, -0.2) is 14.8 Å². The summed E-state index contributed by atoms with van der Waals surface area (Å²) >= 11 is 7.06. The second-order valence-electron chi connectivity index (χ2n) is 3.08. The molecular formula is C11H7ClN2O2S. The maximum Gasteiger partial charge on any atom is 0.337 e. The highest BCUT2D eigenvalue weighted by atomic mass is 35.5. The maximum absolute atomic E-state index is 10.9. The molecule has 6 heteroatoms. The van der Waals surface area contributed by atoms with Gasteiger partial charge in [-0.3, -0.25) is 0 Å². The summed E-state index contributed by atoms with van der Waals surface area (Å²) in [6, 6.07) is 6.51. The number of rotatable bonds is 3. The van der Waals surface area contributed by atoms with E-state index in [9.17, 15) is 4.79 Å². The molecule has 2 rings (SSSR count). The molecule has 0 saturated carbocycles. The highest BCUT2D eigenvalue weighted by Gasteiger charge is 2.10. The van der Waals surface area contributed by atoms with Crippen molar-refractivity contribution in [2.45, 2.75) is 10.1 Å². The van der Waals surface area contributed by atoms with E-state index in [1.807, 2.05) is 0 Å². The van der Waals surface area contributed by atoms with Crippen LogP contribution in [-0.2, 0) is 0 Å². The molecule has 86 valence electrons. The van der Waals surface area contributed by atoms with E-state index >= 15 is 0 Å². The number of aromatic nitrogens is 2. The topological polar surface area (TPSA) is 63.1 Å². The number of benzene rings is 1. The van der Waals surface area contributed by atoms with Crippen molar-refractivity contribution in [3.8, 4) is 0 Å². The normalized spacial score (nSPS) is 10.2. The number of hydrogen-bond acceptors (Lipinski definition) is 4. The first-order chi connectivity index (χ1) is 8.16. The Morgan fingerprint density at radius 2 is 2.00 bits per heavy atom. The molecule has 0 amide bonds. The molecule has 2 aromatic rings. The first-order valence-electron chi connectivity index (χ1n) is 4.64. The molecule has 0 saturated heterocycles. The van der Waals surface area contributed by atoms with Crippen molar-refractivity contribution in [3.63, 3.8) is 0 Å². The predicted octanol–water partition coefficient (Wildman–Crippen LogP) is 2.98. The third kappa shape index (κ3) is 2.95. The lowest BCUT2D eigenvalue weighted by Gasteiger charge is -2.02. The number of nitrogens with zero attached hydrogens (tertiary/aromatic N) is 2. The van der Waals surface area contributed by atoms with Gasteiger partial charge in [0.05, 0.1) is 10.6 Å². The molecule has 17 heavy (non-hydrogen) atoms. The van der Waals surface area contributed by atoms with Crippen LogP contribution in [0.4, 0.5) is 0 Å². The third-order valence-electron chi connectivity index (χ3n) is 1.92. The molecule has 4 nitrogen and oxygen atoms in total. The van der Waals surface area contributed by atoms with Gasteiger partial charge in [0.15, 0.2) is 5.16 Å². The van der Waals surface area contributed by atoms with Crippen LogP contribution in [-0.4, -0.2) is 21.0 Å². The Morgan fingerprint density at radius 1 is 1.29 bits per heavy atom. The standard InChI is InChI=1S/C11H7ClN2O2S/c12-9-3-2-7(6-8(9)10(15)16)17-11-13-4-1-5-14-11/h1-6H,(H,15,16). The van der Waals surface area contributed by atoms with Crippen LogP contribution in [0.2, 0.25) is 5.02 Å². The highest BCUT2D eigenvalue weighted by Crippen LogP contribution is 2.28. The molecule has 0 unspecified atom stereocenters. The van der Waals surface area contributed by atoms with Crippen LogP contribution in [0.25, 0.3) is 0 Å². The lowest BCUT2D eigenvalue weighted by molar-refractivity contribution is 0.0697. The Morgan fingerprint density at radius 3 is 2.65 bits per heavy atom. The summed E-state index contributed by atoms with van der Waals surface area (Å²) in [5.74, 6) is -1.05. The molecule has 0 fully saturated rings. The van der Waals surface area contributed by atoms with Crippen LogP contribution in [0.3, 0.4) is 0 Å². The highest BCUT2D eigenvalue weighted by molar-refractivity contribution is 7.99. The van der Waals surface area contributed by atoms with Gasteiger partial charge in [0, 0.05) is 17.3 Å². The van der Waals surface area contributed by atoms with Crippen molar-refractivity contribution >= 4 is 29.3 Å². The zero-order valence-electron chi connectivity index (χ0n) is 8.50.